The van der Waals surface area contributed by atoms with Crippen molar-refractivity contribution in [3.05, 3.63) is 52.6 Å². The molecule has 94 valence electrons. The van der Waals surface area contributed by atoms with Gasteiger partial charge in [0.15, 0.2) is 0 Å². The summed E-state index contributed by atoms with van der Waals surface area (Å²) in [5.74, 6) is 0. The second kappa shape index (κ2) is 5.31. The molecule has 0 saturated heterocycles. The Kier molecular flexibility index (Phi) is 3.57. The highest BCUT2D eigenvalue weighted by Gasteiger charge is 2.10. The van der Waals surface area contributed by atoms with Crippen LogP contribution in [0.2, 0.25) is 0 Å². The Bertz CT molecular complexity index is 537. The van der Waals surface area contributed by atoms with Crippen LogP contribution in [-0.2, 0) is 6.54 Å². The van der Waals surface area contributed by atoms with E-state index in [1.54, 1.807) is 31.6 Å². The van der Waals surface area contributed by atoms with Crippen LogP contribution in [0, 0.1) is 17.0 Å². The van der Waals surface area contributed by atoms with Gasteiger partial charge in [-0.1, -0.05) is 6.07 Å². The first-order valence-electron chi connectivity index (χ1n) is 5.61. The molecular weight excluding hydrogens is 232 g/mol. The lowest BCUT2D eigenvalue weighted by Crippen LogP contribution is -2.09. The summed E-state index contributed by atoms with van der Waals surface area (Å²) in [7, 11) is 0. The highest BCUT2D eigenvalue weighted by atomic mass is 16.6. The van der Waals surface area contributed by atoms with Crippen molar-refractivity contribution in [1.82, 2.24) is 9.55 Å². The Morgan fingerprint density at radius 1 is 1.50 bits per heavy atom. The Morgan fingerprint density at radius 2 is 2.33 bits per heavy atom. The summed E-state index contributed by atoms with van der Waals surface area (Å²) in [5.41, 5.74) is 1.57. The first-order chi connectivity index (χ1) is 8.66. The van der Waals surface area contributed by atoms with Crippen molar-refractivity contribution in [2.45, 2.75) is 13.5 Å². The van der Waals surface area contributed by atoms with Gasteiger partial charge >= 0.3 is 0 Å². The minimum atomic E-state index is -0.365. The number of aromatic nitrogens is 2. The number of hydrogen-bond acceptors (Lipinski definition) is 4. The summed E-state index contributed by atoms with van der Waals surface area (Å²) in [5, 5.41) is 14.0. The van der Waals surface area contributed by atoms with E-state index >= 15 is 0 Å². The molecule has 1 N–H and O–H groups in total. The molecule has 1 aromatic heterocycles. The molecular formula is C12H14N4O2. The predicted molar refractivity (Wildman–Crippen MR) is 68.6 cm³/mol. The van der Waals surface area contributed by atoms with E-state index in [2.05, 4.69) is 10.3 Å². The van der Waals surface area contributed by atoms with E-state index in [1.807, 2.05) is 16.8 Å². The molecule has 6 heteroatoms. The molecule has 0 aliphatic rings. The maximum atomic E-state index is 10.8. The fourth-order valence-electron chi connectivity index (χ4n) is 1.66. The Morgan fingerprint density at radius 3 is 3.00 bits per heavy atom. The number of aryl methyl sites for hydroxylation is 1. The monoisotopic (exact) mass is 246 g/mol. The van der Waals surface area contributed by atoms with Crippen molar-refractivity contribution in [3.8, 4) is 0 Å². The smallest absolute Gasteiger partial charge is 0.274 e. The van der Waals surface area contributed by atoms with Gasteiger partial charge in [-0.3, -0.25) is 10.1 Å². The van der Waals surface area contributed by atoms with E-state index < -0.39 is 0 Å². The number of anilines is 1. The van der Waals surface area contributed by atoms with E-state index in [9.17, 15) is 10.1 Å². The van der Waals surface area contributed by atoms with Gasteiger partial charge in [-0.15, -0.1) is 0 Å². The van der Waals surface area contributed by atoms with Crippen LogP contribution in [0.4, 0.5) is 11.4 Å². The maximum absolute atomic E-state index is 10.8. The van der Waals surface area contributed by atoms with Crippen LogP contribution < -0.4 is 5.32 Å². The first kappa shape index (κ1) is 12.1. The van der Waals surface area contributed by atoms with Gasteiger partial charge in [0.2, 0.25) is 0 Å². The van der Waals surface area contributed by atoms with E-state index in [0.29, 0.717) is 12.1 Å². The molecule has 0 saturated carbocycles. The summed E-state index contributed by atoms with van der Waals surface area (Å²) in [6.45, 7) is 3.19. The molecule has 0 aliphatic carbocycles. The molecule has 1 aromatic carbocycles. The molecule has 0 unspecified atom stereocenters. The first-order valence-corrected chi connectivity index (χ1v) is 5.61. The molecule has 18 heavy (non-hydrogen) atoms. The van der Waals surface area contributed by atoms with E-state index in [1.165, 1.54) is 0 Å². The van der Waals surface area contributed by atoms with Crippen molar-refractivity contribution >= 4 is 11.4 Å². The standard InChI is InChI=1S/C12H14N4O2/c1-10-2-3-11(8-12(10)16(17)18)14-5-7-15-6-4-13-9-15/h2-4,6,8-9,14H,5,7H2,1H3. The number of nitro benzene ring substituents is 1. The number of hydrogen-bond donors (Lipinski definition) is 1. The topological polar surface area (TPSA) is 73.0 Å². The number of nitrogens with zero attached hydrogens (tertiary/aromatic N) is 3. The molecule has 6 nitrogen and oxygen atoms in total. The zero-order valence-electron chi connectivity index (χ0n) is 10.0. The maximum Gasteiger partial charge on any atom is 0.274 e. The average Bonchev–Trinajstić information content (AvgIpc) is 2.84. The second-order valence-electron chi connectivity index (χ2n) is 3.99. The van der Waals surface area contributed by atoms with Gasteiger partial charge < -0.3 is 9.88 Å². The van der Waals surface area contributed by atoms with Gasteiger partial charge in [-0.05, 0) is 13.0 Å². The van der Waals surface area contributed by atoms with Gasteiger partial charge in [0.1, 0.15) is 0 Å². The van der Waals surface area contributed by atoms with E-state index in [-0.39, 0.29) is 10.6 Å². The molecule has 1 heterocycles. The normalized spacial score (nSPS) is 10.3. The summed E-state index contributed by atoms with van der Waals surface area (Å²) < 4.78 is 1.94. The molecule has 2 rings (SSSR count). The van der Waals surface area contributed by atoms with Gasteiger partial charge in [0, 0.05) is 42.8 Å². The largest absolute Gasteiger partial charge is 0.383 e. The lowest BCUT2D eigenvalue weighted by atomic mass is 10.2. The Balaban J connectivity index is 1.97. The highest BCUT2D eigenvalue weighted by Crippen LogP contribution is 2.21. The number of benzene rings is 1. The molecule has 2 aromatic rings. The van der Waals surface area contributed by atoms with Crippen LogP contribution in [0.3, 0.4) is 0 Å². The van der Waals surface area contributed by atoms with Crippen LogP contribution in [0.1, 0.15) is 5.56 Å². The fourth-order valence-corrected chi connectivity index (χ4v) is 1.66. The predicted octanol–water partition coefficient (Wildman–Crippen LogP) is 2.21. The van der Waals surface area contributed by atoms with Crippen molar-refractivity contribution in [2.24, 2.45) is 0 Å². The number of nitrogens with one attached hydrogen (secondary N) is 1. The zero-order chi connectivity index (χ0) is 13.0. The van der Waals surface area contributed by atoms with Crippen molar-refractivity contribution in [3.63, 3.8) is 0 Å². The Hall–Kier alpha value is -2.37. The summed E-state index contributed by atoms with van der Waals surface area (Å²) in [6, 6.07) is 5.15. The van der Waals surface area contributed by atoms with E-state index in [0.717, 1.165) is 12.2 Å². The molecule has 0 aliphatic heterocycles. The van der Waals surface area contributed by atoms with Crippen LogP contribution in [0.5, 0.6) is 0 Å². The second-order valence-corrected chi connectivity index (χ2v) is 3.99. The van der Waals surface area contributed by atoms with Gasteiger partial charge in [0.25, 0.3) is 5.69 Å². The molecule has 0 fully saturated rings. The third-order valence-corrected chi connectivity index (χ3v) is 2.66. The third-order valence-electron chi connectivity index (χ3n) is 2.66. The van der Waals surface area contributed by atoms with Crippen molar-refractivity contribution in [2.75, 3.05) is 11.9 Å². The number of nitro groups is 1. The van der Waals surface area contributed by atoms with Crippen LogP contribution >= 0.6 is 0 Å². The summed E-state index contributed by atoms with van der Waals surface area (Å²) >= 11 is 0. The molecule has 0 atom stereocenters. The Labute approximate surface area is 104 Å². The summed E-state index contributed by atoms with van der Waals surface area (Å²) in [6.07, 6.45) is 5.33. The SMILES string of the molecule is Cc1ccc(NCCn2ccnc2)cc1[N+](=O)[O-]. The summed E-state index contributed by atoms with van der Waals surface area (Å²) in [4.78, 5) is 14.4. The fraction of sp³-hybridized carbons (Fsp3) is 0.250. The quantitative estimate of drug-likeness (QED) is 0.648. The molecule has 0 amide bonds. The van der Waals surface area contributed by atoms with Gasteiger partial charge in [-0.25, -0.2) is 4.98 Å². The van der Waals surface area contributed by atoms with Gasteiger partial charge in [0.05, 0.1) is 11.3 Å². The zero-order valence-corrected chi connectivity index (χ0v) is 10.0. The van der Waals surface area contributed by atoms with Crippen molar-refractivity contribution in [1.29, 1.82) is 0 Å². The van der Waals surface area contributed by atoms with Crippen LogP contribution in [0.15, 0.2) is 36.9 Å². The molecule has 0 spiro atoms. The third kappa shape index (κ3) is 2.85. The van der Waals surface area contributed by atoms with E-state index in [4.69, 9.17) is 0 Å². The van der Waals surface area contributed by atoms with Gasteiger partial charge in [-0.2, -0.15) is 0 Å². The number of imidazole rings is 1. The number of rotatable bonds is 5. The average molecular weight is 246 g/mol. The molecule has 0 bridgehead atoms. The minimum Gasteiger partial charge on any atom is -0.383 e. The van der Waals surface area contributed by atoms with Crippen LogP contribution in [-0.4, -0.2) is 21.0 Å². The lowest BCUT2D eigenvalue weighted by Gasteiger charge is -2.07. The lowest BCUT2D eigenvalue weighted by molar-refractivity contribution is -0.385. The van der Waals surface area contributed by atoms with Crippen LogP contribution in [0.25, 0.3) is 0 Å². The molecule has 0 radical (unpaired) electrons. The highest BCUT2D eigenvalue weighted by molar-refractivity contribution is 5.54. The minimum absolute atomic E-state index is 0.141. The van der Waals surface area contributed by atoms with Crippen molar-refractivity contribution < 1.29 is 4.92 Å².